The Kier molecular flexibility index (Phi) is 3.37. The molecule has 0 atom stereocenters. The summed E-state index contributed by atoms with van der Waals surface area (Å²) in [7, 11) is 0. The molecular formula is C11H8F3N5O2. The molecule has 0 saturated carbocycles. The van der Waals surface area contributed by atoms with E-state index in [4.69, 9.17) is 11.1 Å². The van der Waals surface area contributed by atoms with Gasteiger partial charge >= 0.3 is 11.9 Å². The molecule has 10 heteroatoms. The first-order valence-corrected chi connectivity index (χ1v) is 5.45. The zero-order valence-electron chi connectivity index (χ0n) is 10.3. The molecule has 0 bridgehead atoms. The summed E-state index contributed by atoms with van der Waals surface area (Å²) in [5, 5.41) is 21.5. The zero-order valence-corrected chi connectivity index (χ0v) is 10.3. The van der Waals surface area contributed by atoms with Crippen LogP contribution in [-0.2, 0) is 6.18 Å². The van der Waals surface area contributed by atoms with Crippen LogP contribution in [0.4, 0.5) is 18.9 Å². The summed E-state index contributed by atoms with van der Waals surface area (Å²) in [6.07, 6.45) is -2.65. The highest BCUT2D eigenvalue weighted by Gasteiger charge is 2.34. The van der Waals surface area contributed by atoms with Gasteiger partial charge in [-0.2, -0.15) is 18.3 Å². The van der Waals surface area contributed by atoms with Gasteiger partial charge in [-0.05, 0) is 18.2 Å². The van der Waals surface area contributed by atoms with E-state index in [9.17, 15) is 23.3 Å². The van der Waals surface area contributed by atoms with Crippen molar-refractivity contribution in [3.05, 3.63) is 51.8 Å². The molecule has 2 rings (SSSR count). The average molecular weight is 299 g/mol. The van der Waals surface area contributed by atoms with Gasteiger partial charge in [0.25, 0.3) is 0 Å². The van der Waals surface area contributed by atoms with Crippen LogP contribution in [0.2, 0.25) is 0 Å². The summed E-state index contributed by atoms with van der Waals surface area (Å²) in [6.45, 7) is 0. The van der Waals surface area contributed by atoms with Gasteiger partial charge in [-0.3, -0.25) is 15.5 Å². The van der Waals surface area contributed by atoms with Crippen molar-refractivity contribution < 1.29 is 18.1 Å². The van der Waals surface area contributed by atoms with E-state index in [2.05, 4.69) is 5.10 Å². The molecule has 1 aromatic heterocycles. The molecule has 2 aromatic rings. The molecule has 0 spiro atoms. The number of halogens is 3. The fourth-order valence-corrected chi connectivity index (χ4v) is 1.69. The SMILES string of the molecule is N=C(N)c1cc(-n2cc([N+](=O)[O-])cn2)ccc1C(F)(F)F. The Hall–Kier alpha value is -2.91. The summed E-state index contributed by atoms with van der Waals surface area (Å²) < 4.78 is 39.4. The van der Waals surface area contributed by atoms with E-state index >= 15 is 0 Å². The minimum Gasteiger partial charge on any atom is -0.384 e. The molecule has 0 unspecified atom stereocenters. The summed E-state index contributed by atoms with van der Waals surface area (Å²) in [4.78, 5) is 9.87. The van der Waals surface area contributed by atoms with Crippen LogP contribution in [0.1, 0.15) is 11.1 Å². The Morgan fingerprint density at radius 2 is 2.10 bits per heavy atom. The summed E-state index contributed by atoms with van der Waals surface area (Å²) >= 11 is 0. The second kappa shape index (κ2) is 4.89. The van der Waals surface area contributed by atoms with Crippen LogP contribution in [0.15, 0.2) is 30.6 Å². The minimum atomic E-state index is -4.66. The van der Waals surface area contributed by atoms with Gasteiger partial charge in [0.05, 0.1) is 16.2 Å². The first-order valence-electron chi connectivity index (χ1n) is 5.45. The van der Waals surface area contributed by atoms with E-state index in [1.165, 1.54) is 0 Å². The largest absolute Gasteiger partial charge is 0.417 e. The van der Waals surface area contributed by atoms with E-state index in [-0.39, 0.29) is 11.4 Å². The summed E-state index contributed by atoms with van der Waals surface area (Å²) in [6, 6.07) is 2.84. The topological polar surface area (TPSA) is 111 Å². The maximum atomic E-state index is 12.8. The maximum absolute atomic E-state index is 12.8. The van der Waals surface area contributed by atoms with Crippen LogP contribution in [0.25, 0.3) is 5.69 Å². The lowest BCUT2D eigenvalue weighted by Gasteiger charge is -2.13. The van der Waals surface area contributed by atoms with Crippen LogP contribution in [0.3, 0.4) is 0 Å². The monoisotopic (exact) mass is 299 g/mol. The average Bonchev–Trinajstić information content (AvgIpc) is 2.86. The van der Waals surface area contributed by atoms with Crippen LogP contribution >= 0.6 is 0 Å². The molecule has 1 heterocycles. The number of amidine groups is 1. The number of hydrogen-bond donors (Lipinski definition) is 2. The molecule has 0 aliphatic heterocycles. The fourth-order valence-electron chi connectivity index (χ4n) is 1.69. The van der Waals surface area contributed by atoms with Crippen molar-refractivity contribution in [2.24, 2.45) is 5.73 Å². The predicted octanol–water partition coefficient (Wildman–Crippen LogP) is 2.08. The Bertz CT molecular complexity index is 723. The van der Waals surface area contributed by atoms with E-state index in [1.54, 1.807) is 0 Å². The Morgan fingerprint density at radius 3 is 2.57 bits per heavy atom. The second-order valence-electron chi connectivity index (χ2n) is 4.04. The van der Waals surface area contributed by atoms with Gasteiger partial charge in [-0.1, -0.05) is 0 Å². The number of aromatic nitrogens is 2. The standard InChI is InChI=1S/C11H8F3N5O2/c12-11(13,14)9-2-1-6(3-8(9)10(15)16)18-5-7(4-17-18)19(20)21/h1-5H,(H3,15,16). The molecule has 1 aromatic carbocycles. The summed E-state index contributed by atoms with van der Waals surface area (Å²) in [5.74, 6) is -0.758. The number of nitrogens with one attached hydrogen (secondary N) is 1. The molecule has 0 radical (unpaired) electrons. The molecule has 0 aliphatic rings. The van der Waals surface area contributed by atoms with Gasteiger partial charge in [0.15, 0.2) is 0 Å². The van der Waals surface area contributed by atoms with Gasteiger partial charge in [0.2, 0.25) is 0 Å². The van der Waals surface area contributed by atoms with Crippen LogP contribution in [-0.4, -0.2) is 20.5 Å². The van der Waals surface area contributed by atoms with E-state index in [0.29, 0.717) is 0 Å². The van der Waals surface area contributed by atoms with Crippen molar-refractivity contribution in [1.29, 1.82) is 5.41 Å². The fraction of sp³-hybridized carbons (Fsp3) is 0.0909. The molecule has 110 valence electrons. The van der Waals surface area contributed by atoms with E-state index in [1.807, 2.05) is 0 Å². The lowest BCUT2D eigenvalue weighted by Crippen LogP contribution is -2.19. The van der Waals surface area contributed by atoms with Gasteiger partial charge < -0.3 is 5.73 Å². The van der Waals surface area contributed by atoms with Crippen molar-refractivity contribution in [2.45, 2.75) is 6.18 Å². The summed E-state index contributed by atoms with van der Waals surface area (Å²) in [5.41, 5.74) is 3.41. The first kappa shape index (κ1) is 14.5. The Morgan fingerprint density at radius 1 is 1.43 bits per heavy atom. The maximum Gasteiger partial charge on any atom is 0.417 e. The molecule has 7 nitrogen and oxygen atoms in total. The van der Waals surface area contributed by atoms with Crippen LogP contribution < -0.4 is 5.73 Å². The number of nitrogens with two attached hydrogens (primary N) is 1. The zero-order chi connectivity index (χ0) is 15.8. The number of nitrogens with zero attached hydrogens (tertiary/aromatic N) is 3. The predicted molar refractivity (Wildman–Crippen MR) is 66.2 cm³/mol. The van der Waals surface area contributed by atoms with Crippen molar-refractivity contribution in [3.8, 4) is 5.69 Å². The smallest absolute Gasteiger partial charge is 0.384 e. The van der Waals surface area contributed by atoms with E-state index in [0.717, 1.165) is 35.3 Å². The lowest BCUT2D eigenvalue weighted by molar-refractivity contribution is -0.384. The number of nitro groups is 1. The molecular weight excluding hydrogens is 291 g/mol. The van der Waals surface area contributed by atoms with Crippen LogP contribution in [0, 0.1) is 15.5 Å². The van der Waals surface area contributed by atoms with Crippen molar-refractivity contribution in [2.75, 3.05) is 0 Å². The normalized spacial score (nSPS) is 11.4. The highest BCUT2D eigenvalue weighted by atomic mass is 19.4. The van der Waals surface area contributed by atoms with Gasteiger partial charge in [0, 0.05) is 5.56 Å². The molecule has 0 fully saturated rings. The first-order chi connectivity index (χ1) is 9.70. The van der Waals surface area contributed by atoms with Gasteiger partial charge in [0.1, 0.15) is 18.2 Å². The van der Waals surface area contributed by atoms with Gasteiger partial charge in [-0.15, -0.1) is 0 Å². The lowest BCUT2D eigenvalue weighted by atomic mass is 10.1. The van der Waals surface area contributed by atoms with Crippen molar-refractivity contribution >= 4 is 11.5 Å². The molecule has 3 N–H and O–H groups in total. The number of benzene rings is 1. The van der Waals surface area contributed by atoms with Crippen LogP contribution in [0.5, 0.6) is 0 Å². The molecule has 0 aliphatic carbocycles. The molecule has 21 heavy (non-hydrogen) atoms. The minimum absolute atomic E-state index is 0.126. The Labute approximate surface area is 115 Å². The quantitative estimate of drug-likeness (QED) is 0.391. The Balaban J connectivity index is 2.54. The molecule has 0 saturated heterocycles. The van der Waals surface area contributed by atoms with Crippen molar-refractivity contribution in [3.63, 3.8) is 0 Å². The number of hydrogen-bond acceptors (Lipinski definition) is 4. The highest BCUT2D eigenvalue weighted by Crippen LogP contribution is 2.33. The number of nitrogen functional groups attached to an aromatic ring is 1. The van der Waals surface area contributed by atoms with E-state index < -0.39 is 28.1 Å². The highest BCUT2D eigenvalue weighted by molar-refractivity contribution is 5.97. The number of alkyl halides is 3. The molecule has 0 amide bonds. The number of rotatable bonds is 3. The van der Waals surface area contributed by atoms with Crippen molar-refractivity contribution in [1.82, 2.24) is 9.78 Å². The third-order valence-electron chi connectivity index (χ3n) is 2.64. The van der Waals surface area contributed by atoms with Gasteiger partial charge in [-0.25, -0.2) is 4.68 Å². The third kappa shape index (κ3) is 2.83. The third-order valence-corrected chi connectivity index (χ3v) is 2.64. The second-order valence-corrected chi connectivity index (χ2v) is 4.04.